The Kier molecular flexibility index (Phi) is 2.84. The van der Waals surface area contributed by atoms with Crippen LogP contribution in [0.25, 0.3) is 0 Å². The molecule has 0 unspecified atom stereocenters. The first kappa shape index (κ1) is 9.94. The van der Waals surface area contributed by atoms with E-state index >= 15 is 0 Å². The summed E-state index contributed by atoms with van der Waals surface area (Å²) in [5, 5.41) is 8.90. The van der Waals surface area contributed by atoms with E-state index in [0.717, 1.165) is 18.8 Å². The van der Waals surface area contributed by atoms with Crippen LogP contribution in [0, 0.1) is 17.1 Å². The van der Waals surface area contributed by atoms with Crippen LogP contribution in [0.2, 0.25) is 0 Å². The van der Waals surface area contributed by atoms with Gasteiger partial charge in [0, 0.05) is 13.1 Å². The van der Waals surface area contributed by atoms with E-state index in [1.165, 1.54) is 12.1 Å². The maximum absolute atomic E-state index is 12.9. The molecule has 0 saturated carbocycles. The quantitative estimate of drug-likeness (QED) is 0.699. The largest absolute Gasteiger partial charge is 0.378 e. The number of halogens is 1. The first-order chi connectivity index (χ1) is 7.31. The second kappa shape index (κ2) is 4.28. The molecule has 2 rings (SSSR count). The number of rotatable bonds is 1. The summed E-state index contributed by atoms with van der Waals surface area (Å²) < 4.78 is 18.1. The number of ether oxygens (including phenoxy) is 1. The van der Waals surface area contributed by atoms with E-state index in [1.807, 2.05) is 11.0 Å². The molecular formula is C11H11FN2O. The van der Waals surface area contributed by atoms with Crippen LogP contribution >= 0.6 is 0 Å². The van der Waals surface area contributed by atoms with Gasteiger partial charge in [-0.25, -0.2) is 4.39 Å². The molecule has 0 spiro atoms. The highest BCUT2D eigenvalue weighted by atomic mass is 19.1. The van der Waals surface area contributed by atoms with Gasteiger partial charge in [0.25, 0.3) is 0 Å². The van der Waals surface area contributed by atoms with Crippen molar-refractivity contribution in [2.45, 2.75) is 0 Å². The summed E-state index contributed by atoms with van der Waals surface area (Å²) in [5.74, 6) is -0.372. The average Bonchev–Trinajstić information content (AvgIpc) is 2.30. The Bertz CT molecular complexity index is 394. The molecule has 4 heteroatoms. The van der Waals surface area contributed by atoms with E-state index in [-0.39, 0.29) is 5.82 Å². The summed E-state index contributed by atoms with van der Waals surface area (Å²) in [5.41, 5.74) is 1.18. The van der Waals surface area contributed by atoms with Crippen molar-refractivity contribution in [3.8, 4) is 6.07 Å². The highest BCUT2D eigenvalue weighted by Crippen LogP contribution is 2.21. The zero-order valence-electron chi connectivity index (χ0n) is 8.24. The Balaban J connectivity index is 2.30. The van der Waals surface area contributed by atoms with E-state index < -0.39 is 0 Å². The van der Waals surface area contributed by atoms with Gasteiger partial charge in [0.1, 0.15) is 11.9 Å². The number of hydrogen-bond acceptors (Lipinski definition) is 3. The molecule has 1 aliphatic heterocycles. The first-order valence-corrected chi connectivity index (χ1v) is 4.83. The van der Waals surface area contributed by atoms with Crippen molar-refractivity contribution >= 4 is 5.69 Å². The van der Waals surface area contributed by atoms with Crippen LogP contribution in [0.4, 0.5) is 10.1 Å². The van der Waals surface area contributed by atoms with Crippen molar-refractivity contribution in [2.24, 2.45) is 0 Å². The Morgan fingerprint density at radius 2 is 2.07 bits per heavy atom. The van der Waals surface area contributed by atoms with Crippen LogP contribution in [0.5, 0.6) is 0 Å². The molecule has 0 amide bonds. The van der Waals surface area contributed by atoms with E-state index in [2.05, 4.69) is 0 Å². The fourth-order valence-corrected chi connectivity index (χ4v) is 1.68. The lowest BCUT2D eigenvalue weighted by molar-refractivity contribution is 0.122. The normalized spacial score (nSPS) is 16.1. The summed E-state index contributed by atoms with van der Waals surface area (Å²) in [7, 11) is 0. The molecule has 1 fully saturated rings. The Labute approximate surface area is 87.7 Å². The van der Waals surface area contributed by atoms with Gasteiger partial charge >= 0.3 is 0 Å². The summed E-state index contributed by atoms with van der Waals surface area (Å²) in [6.45, 7) is 2.81. The summed E-state index contributed by atoms with van der Waals surface area (Å²) in [4.78, 5) is 2.04. The predicted octanol–water partition coefficient (Wildman–Crippen LogP) is 1.53. The lowest BCUT2D eigenvalue weighted by Crippen LogP contribution is -2.36. The fourth-order valence-electron chi connectivity index (χ4n) is 1.68. The smallest absolute Gasteiger partial charge is 0.124 e. The van der Waals surface area contributed by atoms with Gasteiger partial charge in [-0.1, -0.05) is 0 Å². The molecule has 78 valence electrons. The third-order valence-corrected chi connectivity index (χ3v) is 2.43. The second-order valence-electron chi connectivity index (χ2n) is 3.37. The van der Waals surface area contributed by atoms with Gasteiger partial charge in [-0.3, -0.25) is 0 Å². The molecule has 0 aliphatic carbocycles. The third kappa shape index (κ3) is 2.08. The molecule has 0 aromatic heterocycles. The van der Waals surface area contributed by atoms with Gasteiger partial charge < -0.3 is 9.64 Å². The molecule has 1 aliphatic rings. The molecule has 3 nitrogen and oxygen atoms in total. The topological polar surface area (TPSA) is 36.3 Å². The highest BCUT2D eigenvalue weighted by molar-refractivity contribution is 5.59. The zero-order chi connectivity index (χ0) is 10.7. The Hall–Kier alpha value is -1.60. The van der Waals surface area contributed by atoms with Crippen LogP contribution in [0.15, 0.2) is 18.2 Å². The van der Waals surface area contributed by atoms with Gasteiger partial charge in [-0.05, 0) is 18.2 Å². The lowest BCUT2D eigenvalue weighted by atomic mass is 10.1. The SMILES string of the molecule is N#Cc1cc(F)ccc1N1CCOCC1. The van der Waals surface area contributed by atoms with Crippen molar-refractivity contribution in [3.05, 3.63) is 29.6 Å². The third-order valence-electron chi connectivity index (χ3n) is 2.43. The van der Waals surface area contributed by atoms with E-state index in [0.29, 0.717) is 18.8 Å². The molecule has 1 saturated heterocycles. The summed E-state index contributed by atoms with van der Waals surface area (Å²) in [6.07, 6.45) is 0. The van der Waals surface area contributed by atoms with E-state index in [9.17, 15) is 4.39 Å². The number of hydrogen-bond donors (Lipinski definition) is 0. The average molecular weight is 206 g/mol. The van der Waals surface area contributed by atoms with Gasteiger partial charge in [-0.2, -0.15) is 5.26 Å². The predicted molar refractivity (Wildman–Crippen MR) is 54.1 cm³/mol. The van der Waals surface area contributed by atoms with Crippen molar-refractivity contribution in [1.82, 2.24) is 0 Å². The number of nitrogens with zero attached hydrogens (tertiary/aromatic N) is 2. The van der Waals surface area contributed by atoms with Crippen LogP contribution < -0.4 is 4.90 Å². The molecule has 15 heavy (non-hydrogen) atoms. The molecule has 0 bridgehead atoms. The van der Waals surface area contributed by atoms with Crippen LogP contribution in [-0.4, -0.2) is 26.3 Å². The molecule has 1 aromatic rings. The molecule has 0 atom stereocenters. The van der Waals surface area contributed by atoms with Gasteiger partial charge in [0.15, 0.2) is 0 Å². The minimum absolute atomic E-state index is 0.372. The summed E-state index contributed by atoms with van der Waals surface area (Å²) >= 11 is 0. The van der Waals surface area contributed by atoms with Gasteiger partial charge in [-0.15, -0.1) is 0 Å². The standard InChI is InChI=1S/C11H11FN2O/c12-10-1-2-11(9(7-10)8-13)14-3-5-15-6-4-14/h1-2,7H,3-6H2. The Morgan fingerprint density at radius 1 is 1.33 bits per heavy atom. The second-order valence-corrected chi connectivity index (χ2v) is 3.37. The number of anilines is 1. The van der Waals surface area contributed by atoms with E-state index in [1.54, 1.807) is 6.07 Å². The molecule has 0 radical (unpaired) electrons. The molecule has 1 heterocycles. The maximum Gasteiger partial charge on any atom is 0.124 e. The maximum atomic E-state index is 12.9. The number of benzene rings is 1. The van der Waals surface area contributed by atoms with Gasteiger partial charge in [0.2, 0.25) is 0 Å². The minimum atomic E-state index is -0.372. The van der Waals surface area contributed by atoms with E-state index in [4.69, 9.17) is 10.00 Å². The van der Waals surface area contributed by atoms with Crippen molar-refractivity contribution < 1.29 is 9.13 Å². The Morgan fingerprint density at radius 3 is 2.73 bits per heavy atom. The van der Waals surface area contributed by atoms with Crippen LogP contribution in [0.3, 0.4) is 0 Å². The summed E-state index contributed by atoms with van der Waals surface area (Å²) in [6, 6.07) is 6.31. The van der Waals surface area contributed by atoms with Crippen LogP contribution in [-0.2, 0) is 4.74 Å². The monoisotopic (exact) mass is 206 g/mol. The first-order valence-electron chi connectivity index (χ1n) is 4.83. The van der Waals surface area contributed by atoms with Crippen molar-refractivity contribution in [3.63, 3.8) is 0 Å². The zero-order valence-corrected chi connectivity index (χ0v) is 8.24. The lowest BCUT2D eigenvalue weighted by Gasteiger charge is -2.29. The molecule has 0 N–H and O–H groups in total. The van der Waals surface area contributed by atoms with Crippen molar-refractivity contribution in [1.29, 1.82) is 5.26 Å². The van der Waals surface area contributed by atoms with Crippen LogP contribution in [0.1, 0.15) is 5.56 Å². The number of nitriles is 1. The fraction of sp³-hybridized carbons (Fsp3) is 0.364. The highest BCUT2D eigenvalue weighted by Gasteiger charge is 2.14. The van der Waals surface area contributed by atoms with Crippen molar-refractivity contribution in [2.75, 3.05) is 31.2 Å². The molecular weight excluding hydrogens is 195 g/mol. The minimum Gasteiger partial charge on any atom is -0.378 e. The van der Waals surface area contributed by atoms with Gasteiger partial charge in [0.05, 0.1) is 24.5 Å². The molecule has 1 aromatic carbocycles. The number of morpholine rings is 1.